The molecule has 15 heavy (non-hydrogen) atoms. The van der Waals surface area contributed by atoms with Crippen LogP contribution in [-0.4, -0.2) is 11.1 Å². The van der Waals surface area contributed by atoms with Crippen molar-refractivity contribution in [1.29, 1.82) is 0 Å². The average molecular weight is 222 g/mol. The fourth-order valence-electron chi connectivity index (χ4n) is 2.04. The molecule has 0 saturated heterocycles. The maximum absolute atomic E-state index is 11.0. The van der Waals surface area contributed by atoms with Gasteiger partial charge in [0.2, 0.25) is 0 Å². The van der Waals surface area contributed by atoms with Crippen LogP contribution in [0.5, 0.6) is 0 Å². The standard InChI is InChI=1S/C12H14O2S/c13-12(14)11-6-2-1-4-9(11)8-10-5-3-7-15-10/h3,5,7H,1-2,4,6,8H2,(H,13,14). The Morgan fingerprint density at radius 3 is 2.87 bits per heavy atom. The van der Waals surface area contributed by atoms with E-state index in [-0.39, 0.29) is 0 Å². The highest BCUT2D eigenvalue weighted by Gasteiger charge is 2.18. The first-order valence-electron chi connectivity index (χ1n) is 5.24. The zero-order chi connectivity index (χ0) is 10.7. The lowest BCUT2D eigenvalue weighted by Gasteiger charge is -2.16. The van der Waals surface area contributed by atoms with E-state index in [4.69, 9.17) is 5.11 Å². The first-order valence-corrected chi connectivity index (χ1v) is 6.12. The molecule has 0 fully saturated rings. The molecule has 1 aromatic rings. The number of thiophene rings is 1. The fourth-order valence-corrected chi connectivity index (χ4v) is 2.79. The molecule has 0 atom stereocenters. The van der Waals surface area contributed by atoms with Crippen molar-refractivity contribution in [3.63, 3.8) is 0 Å². The predicted octanol–water partition coefficient (Wildman–Crippen LogP) is 3.25. The molecule has 0 spiro atoms. The van der Waals surface area contributed by atoms with Crippen molar-refractivity contribution < 1.29 is 9.90 Å². The quantitative estimate of drug-likeness (QED) is 0.852. The van der Waals surface area contributed by atoms with Crippen molar-refractivity contribution >= 4 is 17.3 Å². The van der Waals surface area contributed by atoms with Crippen molar-refractivity contribution in [3.05, 3.63) is 33.5 Å². The molecule has 1 aliphatic rings. The van der Waals surface area contributed by atoms with E-state index in [0.29, 0.717) is 5.57 Å². The van der Waals surface area contributed by atoms with E-state index < -0.39 is 5.97 Å². The van der Waals surface area contributed by atoms with Gasteiger partial charge in [0, 0.05) is 16.9 Å². The van der Waals surface area contributed by atoms with Gasteiger partial charge in [0.05, 0.1) is 0 Å². The Morgan fingerprint density at radius 2 is 2.20 bits per heavy atom. The number of hydrogen-bond donors (Lipinski definition) is 1. The number of carboxylic acids is 1. The van der Waals surface area contributed by atoms with Crippen molar-refractivity contribution in [2.24, 2.45) is 0 Å². The van der Waals surface area contributed by atoms with Gasteiger partial charge < -0.3 is 5.11 Å². The lowest BCUT2D eigenvalue weighted by molar-refractivity contribution is -0.133. The molecule has 1 N–H and O–H groups in total. The molecule has 0 saturated carbocycles. The highest BCUT2D eigenvalue weighted by Crippen LogP contribution is 2.28. The second kappa shape index (κ2) is 4.62. The summed E-state index contributed by atoms with van der Waals surface area (Å²) in [5.41, 5.74) is 1.80. The highest BCUT2D eigenvalue weighted by atomic mass is 32.1. The average Bonchev–Trinajstić information content (AvgIpc) is 2.71. The molecule has 80 valence electrons. The van der Waals surface area contributed by atoms with E-state index in [1.165, 1.54) is 4.88 Å². The van der Waals surface area contributed by atoms with Crippen LogP contribution < -0.4 is 0 Å². The molecule has 0 unspecified atom stereocenters. The van der Waals surface area contributed by atoms with Crippen molar-refractivity contribution in [1.82, 2.24) is 0 Å². The van der Waals surface area contributed by atoms with Crippen molar-refractivity contribution in [2.45, 2.75) is 32.1 Å². The highest BCUT2D eigenvalue weighted by molar-refractivity contribution is 7.09. The molecule has 2 nitrogen and oxygen atoms in total. The molecule has 0 amide bonds. The third-order valence-corrected chi connectivity index (χ3v) is 3.68. The zero-order valence-electron chi connectivity index (χ0n) is 8.53. The number of carboxylic acid groups (broad SMARTS) is 1. The van der Waals surface area contributed by atoms with Crippen LogP contribution in [0.1, 0.15) is 30.6 Å². The van der Waals surface area contributed by atoms with Crippen LogP contribution in [0.25, 0.3) is 0 Å². The number of rotatable bonds is 3. The number of carbonyl (C=O) groups is 1. The van der Waals surface area contributed by atoms with Gasteiger partial charge in [0.15, 0.2) is 0 Å². The minimum Gasteiger partial charge on any atom is -0.478 e. The van der Waals surface area contributed by atoms with E-state index in [2.05, 4.69) is 6.07 Å². The third kappa shape index (κ3) is 2.48. The van der Waals surface area contributed by atoms with Gasteiger partial charge in [-0.3, -0.25) is 0 Å². The van der Waals surface area contributed by atoms with Gasteiger partial charge in [-0.05, 0) is 37.1 Å². The SMILES string of the molecule is O=C(O)C1=C(Cc2cccs2)CCCC1. The molecule has 0 bridgehead atoms. The Balaban J connectivity index is 2.20. The van der Waals surface area contributed by atoms with Crippen LogP contribution in [0.4, 0.5) is 0 Å². The van der Waals surface area contributed by atoms with Crippen LogP contribution in [0, 0.1) is 0 Å². The Morgan fingerprint density at radius 1 is 1.40 bits per heavy atom. The smallest absolute Gasteiger partial charge is 0.331 e. The molecule has 0 radical (unpaired) electrons. The lowest BCUT2D eigenvalue weighted by Crippen LogP contribution is -2.10. The largest absolute Gasteiger partial charge is 0.478 e. The second-order valence-corrected chi connectivity index (χ2v) is 4.88. The van der Waals surface area contributed by atoms with Gasteiger partial charge in [-0.1, -0.05) is 11.6 Å². The molecular formula is C12H14O2S. The molecular weight excluding hydrogens is 208 g/mol. The lowest BCUT2D eigenvalue weighted by atomic mass is 9.89. The van der Waals surface area contributed by atoms with Gasteiger partial charge in [-0.25, -0.2) is 4.79 Å². The van der Waals surface area contributed by atoms with E-state index in [1.54, 1.807) is 11.3 Å². The van der Waals surface area contributed by atoms with Crippen LogP contribution in [0.15, 0.2) is 28.7 Å². The van der Waals surface area contributed by atoms with Crippen LogP contribution in [0.2, 0.25) is 0 Å². The van der Waals surface area contributed by atoms with E-state index >= 15 is 0 Å². The first kappa shape index (κ1) is 10.4. The van der Waals surface area contributed by atoms with Crippen molar-refractivity contribution in [2.75, 3.05) is 0 Å². The monoisotopic (exact) mass is 222 g/mol. The summed E-state index contributed by atoms with van der Waals surface area (Å²) in [6.07, 6.45) is 4.70. The van der Waals surface area contributed by atoms with Gasteiger partial charge in [0.25, 0.3) is 0 Å². The molecule has 1 aliphatic carbocycles. The normalized spacial score (nSPS) is 16.8. The summed E-state index contributed by atoms with van der Waals surface area (Å²) >= 11 is 1.70. The van der Waals surface area contributed by atoms with Crippen LogP contribution in [0.3, 0.4) is 0 Å². The zero-order valence-corrected chi connectivity index (χ0v) is 9.35. The fraction of sp³-hybridized carbons (Fsp3) is 0.417. The molecule has 1 aromatic heterocycles. The summed E-state index contributed by atoms with van der Waals surface area (Å²) < 4.78 is 0. The number of aliphatic carboxylic acids is 1. The minimum absolute atomic E-state index is 0.662. The molecule has 0 aliphatic heterocycles. The van der Waals surface area contributed by atoms with Gasteiger partial charge in [-0.2, -0.15) is 0 Å². The van der Waals surface area contributed by atoms with Crippen molar-refractivity contribution in [3.8, 4) is 0 Å². The second-order valence-electron chi connectivity index (χ2n) is 3.85. The van der Waals surface area contributed by atoms with Gasteiger partial charge in [-0.15, -0.1) is 11.3 Å². The summed E-state index contributed by atoms with van der Waals surface area (Å²) in [6, 6.07) is 4.09. The first-order chi connectivity index (χ1) is 7.27. The summed E-state index contributed by atoms with van der Waals surface area (Å²) in [7, 11) is 0. The topological polar surface area (TPSA) is 37.3 Å². The Kier molecular flexibility index (Phi) is 3.21. The van der Waals surface area contributed by atoms with Gasteiger partial charge >= 0.3 is 5.97 Å². The third-order valence-electron chi connectivity index (χ3n) is 2.81. The summed E-state index contributed by atoms with van der Waals surface area (Å²) in [6.45, 7) is 0. The minimum atomic E-state index is -0.721. The van der Waals surface area contributed by atoms with Gasteiger partial charge in [0.1, 0.15) is 0 Å². The molecule has 2 rings (SSSR count). The maximum Gasteiger partial charge on any atom is 0.331 e. The maximum atomic E-state index is 11.0. The molecule has 1 heterocycles. The Bertz CT molecular complexity index is 376. The van der Waals surface area contributed by atoms with Crippen LogP contribution in [-0.2, 0) is 11.2 Å². The van der Waals surface area contributed by atoms with E-state index in [0.717, 1.165) is 37.7 Å². The molecule has 0 aromatic carbocycles. The molecule has 3 heteroatoms. The van der Waals surface area contributed by atoms with E-state index in [9.17, 15) is 4.79 Å². The Labute approximate surface area is 93.3 Å². The Hall–Kier alpha value is -1.09. The predicted molar refractivity (Wildman–Crippen MR) is 61.2 cm³/mol. The van der Waals surface area contributed by atoms with Crippen LogP contribution >= 0.6 is 11.3 Å². The van der Waals surface area contributed by atoms with E-state index in [1.807, 2.05) is 11.4 Å². The number of hydrogen-bond acceptors (Lipinski definition) is 2. The summed E-state index contributed by atoms with van der Waals surface area (Å²) in [4.78, 5) is 12.3. The number of allylic oxidation sites excluding steroid dienone is 1. The summed E-state index contributed by atoms with van der Waals surface area (Å²) in [5.74, 6) is -0.721. The summed E-state index contributed by atoms with van der Waals surface area (Å²) in [5, 5.41) is 11.1.